The van der Waals surface area contributed by atoms with Crippen LogP contribution in [0.25, 0.3) is 0 Å². The normalized spacial score (nSPS) is 11.8. The van der Waals surface area contributed by atoms with Gasteiger partial charge in [-0.1, -0.05) is 0 Å². The summed E-state index contributed by atoms with van der Waals surface area (Å²) < 4.78 is 20.1. The number of amides is 2. The van der Waals surface area contributed by atoms with Crippen molar-refractivity contribution in [3.63, 3.8) is 0 Å². The molecular weight excluding hydrogens is 394 g/mol. The minimum atomic E-state index is -0.488. The Kier molecular flexibility index (Phi) is 6.83. The Bertz CT molecular complexity index is 957. The van der Waals surface area contributed by atoms with Gasteiger partial charge in [-0.15, -0.1) is 0 Å². The lowest BCUT2D eigenvalue weighted by atomic mass is 10.2. The number of rotatable bonds is 8. The first-order chi connectivity index (χ1) is 14.5. The molecule has 10 heteroatoms. The Balaban J connectivity index is 1.41. The predicted molar refractivity (Wildman–Crippen MR) is 105 cm³/mol. The number of esters is 1. The van der Waals surface area contributed by atoms with Crippen LogP contribution in [0.1, 0.15) is 15.9 Å². The van der Waals surface area contributed by atoms with E-state index in [1.807, 2.05) is 0 Å². The number of carbonyl (C=O) groups is 3. The number of hydrogen-bond donors (Lipinski definition) is 2. The third kappa shape index (κ3) is 5.71. The van der Waals surface area contributed by atoms with Gasteiger partial charge in [0.1, 0.15) is 5.75 Å². The fourth-order valence-electron chi connectivity index (χ4n) is 2.37. The highest BCUT2D eigenvalue weighted by atomic mass is 16.7. The van der Waals surface area contributed by atoms with E-state index in [9.17, 15) is 14.4 Å². The van der Waals surface area contributed by atoms with E-state index >= 15 is 0 Å². The zero-order valence-corrected chi connectivity index (χ0v) is 16.0. The van der Waals surface area contributed by atoms with Crippen LogP contribution in [-0.4, -0.2) is 51.1 Å². The summed E-state index contributed by atoms with van der Waals surface area (Å²) in [6, 6.07) is 11.5. The molecule has 2 N–H and O–H groups in total. The van der Waals surface area contributed by atoms with Gasteiger partial charge in [0.2, 0.25) is 6.79 Å². The van der Waals surface area contributed by atoms with E-state index in [1.54, 1.807) is 42.5 Å². The first kappa shape index (κ1) is 20.6. The zero-order valence-electron chi connectivity index (χ0n) is 16.0. The lowest BCUT2D eigenvalue weighted by Crippen LogP contribution is -2.34. The number of benzene rings is 2. The second kappa shape index (κ2) is 9.92. The molecule has 0 atom stereocenters. The summed E-state index contributed by atoms with van der Waals surface area (Å²) in [5.41, 5.74) is 3.37. The number of methoxy groups -OCH3 is 1. The van der Waals surface area contributed by atoms with Gasteiger partial charge in [-0.25, -0.2) is 10.2 Å². The van der Waals surface area contributed by atoms with Crippen molar-refractivity contribution < 1.29 is 33.3 Å². The second-order valence-corrected chi connectivity index (χ2v) is 5.98. The van der Waals surface area contributed by atoms with E-state index in [1.165, 1.54) is 13.3 Å². The van der Waals surface area contributed by atoms with Gasteiger partial charge in [0.15, 0.2) is 18.1 Å². The lowest BCUT2D eigenvalue weighted by Gasteiger charge is -2.05. The molecule has 0 saturated carbocycles. The molecule has 0 radical (unpaired) electrons. The second-order valence-electron chi connectivity index (χ2n) is 5.98. The molecule has 2 aromatic carbocycles. The molecule has 1 heterocycles. The average Bonchev–Trinajstić information content (AvgIpc) is 3.24. The molecule has 10 nitrogen and oxygen atoms in total. The molecule has 0 aromatic heterocycles. The SMILES string of the molecule is COC(=O)COc1ccc(/C=N/NC(=O)CNC(=O)c2ccc3c(c2)OCO3)cc1. The minimum Gasteiger partial charge on any atom is -0.482 e. The fraction of sp³-hybridized carbons (Fsp3) is 0.200. The van der Waals surface area contributed by atoms with Crippen LogP contribution in [-0.2, 0) is 14.3 Å². The van der Waals surface area contributed by atoms with E-state index in [0.717, 1.165) is 0 Å². The standard InChI is InChI=1S/C20H19N3O7/c1-27-19(25)11-28-15-5-2-13(3-6-15)9-22-23-18(24)10-21-20(26)14-4-7-16-17(8-14)30-12-29-16/h2-9H,10-12H2,1H3,(H,21,26)(H,23,24)/b22-9+. The number of fused-ring (bicyclic) bond motifs is 1. The van der Waals surface area contributed by atoms with Crippen LogP contribution in [0.15, 0.2) is 47.6 Å². The van der Waals surface area contributed by atoms with Gasteiger partial charge in [-0.05, 0) is 48.0 Å². The van der Waals surface area contributed by atoms with E-state index in [-0.39, 0.29) is 19.9 Å². The topological polar surface area (TPSA) is 125 Å². The Morgan fingerprint density at radius 2 is 1.87 bits per heavy atom. The maximum atomic E-state index is 12.1. The van der Waals surface area contributed by atoms with E-state index in [4.69, 9.17) is 14.2 Å². The summed E-state index contributed by atoms with van der Waals surface area (Å²) >= 11 is 0. The number of hydrazone groups is 1. The Morgan fingerprint density at radius 1 is 1.10 bits per heavy atom. The molecule has 0 unspecified atom stereocenters. The maximum absolute atomic E-state index is 12.1. The van der Waals surface area contributed by atoms with Crippen molar-refractivity contribution >= 4 is 24.0 Å². The van der Waals surface area contributed by atoms with Crippen molar-refractivity contribution in [2.45, 2.75) is 0 Å². The van der Waals surface area contributed by atoms with Crippen molar-refractivity contribution in [2.24, 2.45) is 5.10 Å². The fourth-order valence-corrected chi connectivity index (χ4v) is 2.37. The number of carbonyl (C=O) groups excluding carboxylic acids is 3. The van der Waals surface area contributed by atoms with Gasteiger partial charge in [-0.3, -0.25) is 9.59 Å². The number of nitrogens with zero attached hydrogens (tertiary/aromatic N) is 1. The molecule has 0 bridgehead atoms. The summed E-state index contributed by atoms with van der Waals surface area (Å²) in [5.74, 6) is 0.162. The van der Waals surface area contributed by atoms with Crippen molar-refractivity contribution in [3.05, 3.63) is 53.6 Å². The third-order valence-corrected chi connectivity index (χ3v) is 3.91. The first-order valence-electron chi connectivity index (χ1n) is 8.84. The van der Waals surface area contributed by atoms with Crippen LogP contribution in [0.2, 0.25) is 0 Å². The summed E-state index contributed by atoms with van der Waals surface area (Å²) in [4.78, 5) is 35.0. The van der Waals surface area contributed by atoms with Gasteiger partial charge in [0.25, 0.3) is 11.8 Å². The molecule has 156 valence electrons. The molecule has 0 fully saturated rings. The molecule has 1 aliphatic rings. The monoisotopic (exact) mass is 413 g/mol. The number of ether oxygens (including phenoxy) is 4. The van der Waals surface area contributed by atoms with E-state index in [0.29, 0.717) is 28.4 Å². The highest BCUT2D eigenvalue weighted by molar-refractivity contribution is 5.97. The van der Waals surface area contributed by atoms with Crippen molar-refractivity contribution in [3.8, 4) is 17.2 Å². The molecule has 2 aromatic rings. The quantitative estimate of drug-likeness (QED) is 0.373. The van der Waals surface area contributed by atoms with Crippen LogP contribution in [0, 0.1) is 0 Å². The Labute approximate surface area is 171 Å². The van der Waals surface area contributed by atoms with Gasteiger partial charge in [0.05, 0.1) is 19.9 Å². The molecule has 0 aliphatic carbocycles. The summed E-state index contributed by atoms with van der Waals surface area (Å²) in [6.45, 7) is -0.313. The number of hydrogen-bond acceptors (Lipinski definition) is 8. The highest BCUT2D eigenvalue weighted by Gasteiger charge is 2.16. The largest absolute Gasteiger partial charge is 0.482 e. The summed E-state index contributed by atoms with van der Waals surface area (Å²) in [7, 11) is 1.28. The van der Waals surface area contributed by atoms with Gasteiger partial charge < -0.3 is 24.3 Å². The van der Waals surface area contributed by atoms with Crippen LogP contribution in [0.5, 0.6) is 17.2 Å². The van der Waals surface area contributed by atoms with Crippen molar-refractivity contribution in [2.75, 3.05) is 27.1 Å². The van der Waals surface area contributed by atoms with Crippen molar-refractivity contribution in [1.29, 1.82) is 0 Å². The molecule has 0 saturated heterocycles. The zero-order chi connectivity index (χ0) is 21.3. The van der Waals surface area contributed by atoms with Crippen LogP contribution in [0.4, 0.5) is 0 Å². The van der Waals surface area contributed by atoms with Gasteiger partial charge in [0, 0.05) is 5.56 Å². The first-order valence-corrected chi connectivity index (χ1v) is 8.84. The van der Waals surface area contributed by atoms with Gasteiger partial charge >= 0.3 is 5.97 Å². The van der Waals surface area contributed by atoms with Crippen LogP contribution >= 0.6 is 0 Å². The molecule has 1 aliphatic heterocycles. The third-order valence-electron chi connectivity index (χ3n) is 3.91. The lowest BCUT2D eigenvalue weighted by molar-refractivity contribution is -0.142. The van der Waals surface area contributed by atoms with Crippen molar-refractivity contribution in [1.82, 2.24) is 10.7 Å². The summed E-state index contributed by atoms with van der Waals surface area (Å²) in [6.07, 6.45) is 1.43. The highest BCUT2D eigenvalue weighted by Crippen LogP contribution is 2.32. The Hall–Kier alpha value is -4.08. The van der Waals surface area contributed by atoms with Crippen LogP contribution in [0.3, 0.4) is 0 Å². The Morgan fingerprint density at radius 3 is 2.63 bits per heavy atom. The van der Waals surface area contributed by atoms with Crippen LogP contribution < -0.4 is 25.0 Å². The smallest absolute Gasteiger partial charge is 0.343 e. The molecule has 3 rings (SSSR count). The van der Waals surface area contributed by atoms with E-state index in [2.05, 4.69) is 20.6 Å². The molecule has 2 amide bonds. The maximum Gasteiger partial charge on any atom is 0.343 e. The summed E-state index contributed by atoms with van der Waals surface area (Å²) in [5, 5.41) is 6.33. The molecule has 30 heavy (non-hydrogen) atoms. The predicted octanol–water partition coefficient (Wildman–Crippen LogP) is 0.847. The minimum absolute atomic E-state index is 0.115. The molecular formula is C20H19N3O7. The van der Waals surface area contributed by atoms with E-state index < -0.39 is 17.8 Å². The average molecular weight is 413 g/mol. The van der Waals surface area contributed by atoms with Gasteiger partial charge in [-0.2, -0.15) is 5.10 Å². The molecule has 0 spiro atoms. The number of nitrogens with one attached hydrogen (secondary N) is 2.